The van der Waals surface area contributed by atoms with E-state index in [2.05, 4.69) is 21.1 Å². The monoisotopic (exact) mass is 410 g/mol. The summed E-state index contributed by atoms with van der Waals surface area (Å²) in [5, 5.41) is 6.93. The lowest BCUT2D eigenvalue weighted by Crippen LogP contribution is -2.30. The van der Waals surface area contributed by atoms with Gasteiger partial charge >= 0.3 is 0 Å². The number of likely N-dealkylation sites (tertiary alicyclic amines) is 1. The van der Waals surface area contributed by atoms with Crippen LogP contribution in [0.5, 0.6) is 0 Å². The minimum atomic E-state index is 0.269. The van der Waals surface area contributed by atoms with Gasteiger partial charge in [-0.2, -0.15) is 0 Å². The van der Waals surface area contributed by atoms with Crippen LogP contribution in [-0.4, -0.2) is 28.8 Å². The third kappa shape index (κ3) is 5.05. The van der Waals surface area contributed by atoms with Gasteiger partial charge in [-0.1, -0.05) is 35.8 Å². The fraction of sp³-hybridized carbons (Fsp3) is 0.364. The topological polar surface area (TPSA) is 76.9 Å². The second-order valence-corrected chi connectivity index (χ2v) is 8.16. The van der Waals surface area contributed by atoms with Crippen LogP contribution in [0.25, 0.3) is 10.8 Å². The maximum absolute atomic E-state index is 6.24. The van der Waals surface area contributed by atoms with E-state index >= 15 is 0 Å². The number of benzene rings is 1. The molecule has 3 heterocycles. The SMILES string of the molecule is Cc1ccc(-c2nc(CO/N=C(/N)c3ccccc3CN3CCCCC3)cs2)o1. The second kappa shape index (κ2) is 9.24. The number of furan rings is 1. The maximum atomic E-state index is 6.24. The van der Waals surface area contributed by atoms with Gasteiger partial charge in [0, 0.05) is 17.5 Å². The Labute approximate surface area is 175 Å². The van der Waals surface area contributed by atoms with Gasteiger partial charge in [-0.3, -0.25) is 4.90 Å². The van der Waals surface area contributed by atoms with E-state index in [4.69, 9.17) is 15.0 Å². The van der Waals surface area contributed by atoms with E-state index in [-0.39, 0.29) is 6.61 Å². The third-order valence-electron chi connectivity index (χ3n) is 5.01. The number of amidine groups is 1. The number of hydrogen-bond acceptors (Lipinski definition) is 6. The van der Waals surface area contributed by atoms with E-state index in [1.165, 1.54) is 36.2 Å². The summed E-state index contributed by atoms with van der Waals surface area (Å²) in [7, 11) is 0. The zero-order valence-corrected chi connectivity index (χ0v) is 17.5. The zero-order chi connectivity index (χ0) is 20.1. The predicted molar refractivity (Wildman–Crippen MR) is 116 cm³/mol. The Kier molecular flexibility index (Phi) is 6.27. The normalized spacial score (nSPS) is 15.6. The largest absolute Gasteiger partial charge is 0.459 e. The second-order valence-electron chi connectivity index (χ2n) is 7.30. The highest BCUT2D eigenvalue weighted by Crippen LogP contribution is 2.25. The minimum absolute atomic E-state index is 0.269. The Morgan fingerprint density at radius 1 is 1.21 bits per heavy atom. The van der Waals surface area contributed by atoms with Crippen LogP contribution in [0, 0.1) is 6.92 Å². The smallest absolute Gasteiger partial charge is 0.170 e. The summed E-state index contributed by atoms with van der Waals surface area (Å²) in [5.74, 6) is 2.04. The van der Waals surface area contributed by atoms with Gasteiger partial charge in [-0.15, -0.1) is 11.3 Å². The summed E-state index contributed by atoms with van der Waals surface area (Å²) in [6.45, 7) is 5.36. The van der Waals surface area contributed by atoms with Crippen LogP contribution >= 0.6 is 11.3 Å². The van der Waals surface area contributed by atoms with Gasteiger partial charge < -0.3 is 15.0 Å². The number of nitrogens with zero attached hydrogens (tertiary/aromatic N) is 3. The maximum Gasteiger partial charge on any atom is 0.170 e. The quantitative estimate of drug-likeness (QED) is 0.352. The van der Waals surface area contributed by atoms with Crippen LogP contribution < -0.4 is 5.73 Å². The first kappa shape index (κ1) is 19.7. The predicted octanol–water partition coefficient (Wildman–Crippen LogP) is 4.53. The van der Waals surface area contributed by atoms with E-state index in [1.54, 1.807) is 0 Å². The average Bonchev–Trinajstić information content (AvgIpc) is 3.38. The van der Waals surface area contributed by atoms with Gasteiger partial charge in [-0.05, 0) is 50.6 Å². The van der Waals surface area contributed by atoms with E-state index in [0.717, 1.165) is 47.4 Å². The number of oxime groups is 1. The molecule has 3 aromatic rings. The molecule has 2 aromatic heterocycles. The fourth-order valence-electron chi connectivity index (χ4n) is 3.52. The number of aromatic nitrogens is 1. The van der Waals surface area contributed by atoms with Crippen molar-refractivity contribution in [2.75, 3.05) is 13.1 Å². The Hall–Kier alpha value is -2.64. The van der Waals surface area contributed by atoms with Crippen LogP contribution in [-0.2, 0) is 18.0 Å². The van der Waals surface area contributed by atoms with Crippen molar-refractivity contribution in [1.82, 2.24) is 9.88 Å². The van der Waals surface area contributed by atoms with E-state index in [0.29, 0.717) is 5.84 Å². The summed E-state index contributed by atoms with van der Waals surface area (Å²) in [6.07, 6.45) is 3.86. The molecule has 6 nitrogen and oxygen atoms in total. The Morgan fingerprint density at radius 3 is 2.83 bits per heavy atom. The van der Waals surface area contributed by atoms with Crippen LogP contribution in [0.2, 0.25) is 0 Å². The van der Waals surface area contributed by atoms with Crippen molar-refractivity contribution in [2.45, 2.75) is 39.3 Å². The molecule has 0 bridgehead atoms. The summed E-state index contributed by atoms with van der Waals surface area (Å²) in [6, 6.07) is 12.0. The molecule has 2 N–H and O–H groups in total. The van der Waals surface area contributed by atoms with Crippen molar-refractivity contribution >= 4 is 17.2 Å². The number of nitrogens with two attached hydrogens (primary N) is 1. The first-order valence-electron chi connectivity index (χ1n) is 9.96. The molecular formula is C22H26N4O2S. The first-order chi connectivity index (χ1) is 14.2. The molecular weight excluding hydrogens is 384 g/mol. The van der Waals surface area contributed by atoms with Crippen molar-refractivity contribution in [1.29, 1.82) is 0 Å². The molecule has 0 aliphatic carbocycles. The van der Waals surface area contributed by atoms with Crippen LogP contribution in [0.1, 0.15) is 41.8 Å². The lowest BCUT2D eigenvalue weighted by molar-refractivity contribution is 0.128. The molecule has 0 atom stereocenters. The lowest BCUT2D eigenvalue weighted by atomic mass is 10.0. The van der Waals surface area contributed by atoms with E-state index in [1.807, 2.05) is 42.6 Å². The van der Waals surface area contributed by atoms with Crippen molar-refractivity contribution in [3.05, 3.63) is 64.4 Å². The first-order valence-corrected chi connectivity index (χ1v) is 10.8. The number of hydrogen-bond donors (Lipinski definition) is 1. The molecule has 4 rings (SSSR count). The van der Waals surface area contributed by atoms with E-state index in [9.17, 15) is 0 Å². The van der Waals surface area contributed by atoms with Gasteiger partial charge in [0.25, 0.3) is 0 Å². The Balaban J connectivity index is 1.38. The summed E-state index contributed by atoms with van der Waals surface area (Å²) >= 11 is 1.52. The van der Waals surface area contributed by atoms with Crippen LogP contribution in [0.3, 0.4) is 0 Å². The molecule has 0 spiro atoms. The zero-order valence-electron chi connectivity index (χ0n) is 16.6. The van der Waals surface area contributed by atoms with E-state index < -0.39 is 0 Å². The average molecular weight is 411 g/mol. The Bertz CT molecular complexity index is 973. The van der Waals surface area contributed by atoms with Gasteiger partial charge in [0.15, 0.2) is 23.2 Å². The minimum Gasteiger partial charge on any atom is -0.459 e. The molecule has 0 unspecified atom stereocenters. The number of piperidine rings is 1. The molecule has 7 heteroatoms. The van der Waals surface area contributed by atoms with Crippen molar-refractivity contribution in [3.8, 4) is 10.8 Å². The summed E-state index contributed by atoms with van der Waals surface area (Å²) in [5.41, 5.74) is 9.16. The van der Waals surface area contributed by atoms with Gasteiger partial charge in [0.2, 0.25) is 0 Å². The molecule has 1 aromatic carbocycles. The van der Waals surface area contributed by atoms with Crippen molar-refractivity contribution in [3.63, 3.8) is 0 Å². The van der Waals surface area contributed by atoms with Crippen molar-refractivity contribution < 1.29 is 9.25 Å². The molecule has 0 radical (unpaired) electrons. The highest BCUT2D eigenvalue weighted by atomic mass is 32.1. The summed E-state index contributed by atoms with van der Waals surface area (Å²) < 4.78 is 5.61. The van der Waals surface area contributed by atoms with Crippen molar-refractivity contribution in [2.24, 2.45) is 10.9 Å². The Morgan fingerprint density at radius 2 is 2.03 bits per heavy atom. The van der Waals surface area contributed by atoms with Gasteiger partial charge in [-0.25, -0.2) is 4.98 Å². The summed E-state index contributed by atoms with van der Waals surface area (Å²) in [4.78, 5) is 12.5. The molecule has 0 saturated carbocycles. The molecule has 1 fully saturated rings. The molecule has 29 heavy (non-hydrogen) atoms. The molecule has 1 saturated heterocycles. The molecule has 152 valence electrons. The molecule has 0 amide bonds. The molecule has 1 aliphatic heterocycles. The fourth-order valence-corrected chi connectivity index (χ4v) is 4.28. The number of thiazole rings is 1. The standard InChI is InChI=1S/C22H26N4O2S/c1-16-9-10-20(28-16)22-24-18(15-29-22)14-27-25-21(23)19-8-4-3-7-17(19)13-26-11-5-2-6-12-26/h3-4,7-10,15H,2,5-6,11-14H2,1H3,(H2,23,25). The third-order valence-corrected chi connectivity index (χ3v) is 5.92. The number of rotatable bonds is 7. The van der Waals surface area contributed by atoms with Gasteiger partial charge in [0.1, 0.15) is 5.76 Å². The van der Waals surface area contributed by atoms with Crippen LogP contribution in [0.15, 0.2) is 51.4 Å². The van der Waals surface area contributed by atoms with Gasteiger partial charge in [0.05, 0.1) is 5.69 Å². The number of aryl methyl sites for hydroxylation is 1. The highest BCUT2D eigenvalue weighted by Gasteiger charge is 2.14. The lowest BCUT2D eigenvalue weighted by Gasteiger charge is -2.27. The highest BCUT2D eigenvalue weighted by molar-refractivity contribution is 7.13. The molecule has 1 aliphatic rings. The van der Waals surface area contributed by atoms with Crippen LogP contribution in [0.4, 0.5) is 0 Å².